The second kappa shape index (κ2) is 13.2. The first kappa shape index (κ1) is 33.9. The van der Waals surface area contributed by atoms with Crippen molar-refractivity contribution >= 4 is 39.6 Å². The summed E-state index contributed by atoms with van der Waals surface area (Å²) < 4.78 is 31.3. The summed E-state index contributed by atoms with van der Waals surface area (Å²) in [6.45, 7) is 12.7. The molecule has 0 saturated carbocycles. The maximum Gasteiger partial charge on any atom is 0.410 e. The number of rotatable bonds is 6. The molecule has 4 aromatic rings. The quantitative estimate of drug-likeness (QED) is 0.203. The number of nitrogens with zero attached hydrogens (tertiary/aromatic N) is 6. The van der Waals surface area contributed by atoms with Crippen LogP contribution in [0.25, 0.3) is 33.1 Å². The van der Waals surface area contributed by atoms with E-state index >= 15 is 4.39 Å². The Labute approximate surface area is 286 Å². The Balaban J connectivity index is 1.49. The average Bonchev–Trinajstić information content (AvgIpc) is 3.66. The summed E-state index contributed by atoms with van der Waals surface area (Å²) in [6, 6.07) is 9.56. The molecule has 0 spiro atoms. The van der Waals surface area contributed by atoms with Crippen molar-refractivity contribution in [2.75, 3.05) is 20.1 Å². The highest BCUT2D eigenvalue weighted by Crippen LogP contribution is 2.42. The van der Waals surface area contributed by atoms with Gasteiger partial charge >= 0.3 is 6.09 Å². The second-order valence-corrected chi connectivity index (χ2v) is 14.7. The van der Waals surface area contributed by atoms with Crippen LogP contribution in [0.5, 0.6) is 5.88 Å². The van der Waals surface area contributed by atoms with Gasteiger partial charge in [-0.05, 0) is 98.0 Å². The van der Waals surface area contributed by atoms with Gasteiger partial charge in [-0.3, -0.25) is 4.90 Å². The van der Waals surface area contributed by atoms with Gasteiger partial charge in [0.1, 0.15) is 17.2 Å². The van der Waals surface area contributed by atoms with Crippen LogP contribution in [0.4, 0.5) is 9.18 Å². The molecule has 2 aliphatic heterocycles. The number of aryl methyl sites for hydroxylation is 2. The van der Waals surface area contributed by atoms with Gasteiger partial charge < -0.3 is 18.9 Å². The molecular formula is C37H44ClFN6O3. The van der Waals surface area contributed by atoms with Gasteiger partial charge in [-0.15, -0.1) is 0 Å². The van der Waals surface area contributed by atoms with Crippen molar-refractivity contribution in [2.24, 2.45) is 0 Å². The summed E-state index contributed by atoms with van der Waals surface area (Å²) in [4.78, 5) is 26.8. The van der Waals surface area contributed by atoms with E-state index in [4.69, 9.17) is 31.0 Å². The third kappa shape index (κ3) is 6.30. The number of likely N-dealkylation sites (tertiary alicyclic amines) is 2. The molecule has 48 heavy (non-hydrogen) atoms. The number of amides is 1. The lowest BCUT2D eigenvalue weighted by Crippen LogP contribution is -2.48. The number of nitriles is 1. The first-order chi connectivity index (χ1) is 22.8. The number of hydrogen-bond acceptors (Lipinski definition) is 7. The van der Waals surface area contributed by atoms with Crippen LogP contribution < -0.4 is 4.74 Å². The number of halogens is 2. The van der Waals surface area contributed by atoms with E-state index in [1.807, 2.05) is 65.8 Å². The third-order valence-electron chi connectivity index (χ3n) is 9.82. The predicted molar refractivity (Wildman–Crippen MR) is 186 cm³/mol. The number of pyridine rings is 1. The molecule has 0 radical (unpaired) electrons. The fourth-order valence-corrected chi connectivity index (χ4v) is 7.67. The minimum Gasteiger partial charge on any atom is -0.471 e. The predicted octanol–water partition coefficient (Wildman–Crippen LogP) is 8.38. The topological polar surface area (TPSA) is 96.5 Å². The molecule has 0 bridgehead atoms. The average molecular weight is 675 g/mol. The first-order valence-corrected chi connectivity index (χ1v) is 17.1. The van der Waals surface area contributed by atoms with Crippen LogP contribution in [0, 0.1) is 31.0 Å². The van der Waals surface area contributed by atoms with Crippen molar-refractivity contribution in [1.29, 1.82) is 5.26 Å². The van der Waals surface area contributed by atoms with E-state index < -0.39 is 17.5 Å². The summed E-state index contributed by atoms with van der Waals surface area (Å²) in [5.41, 5.74) is 3.41. The van der Waals surface area contributed by atoms with Crippen molar-refractivity contribution in [1.82, 2.24) is 24.3 Å². The number of likely N-dealkylation sites (N-methyl/N-ethyl adjacent to an activating group) is 1. The smallest absolute Gasteiger partial charge is 0.410 e. The summed E-state index contributed by atoms with van der Waals surface area (Å²) in [6.07, 6.45) is 4.52. The van der Waals surface area contributed by atoms with Crippen LogP contribution in [-0.4, -0.2) is 74.4 Å². The number of benzene rings is 2. The highest BCUT2D eigenvalue weighted by molar-refractivity contribution is 6.34. The molecule has 2 aromatic carbocycles. The Kier molecular flexibility index (Phi) is 9.31. The standard InChI is InChI=1S/C37H44ClFN6O3/c1-21-10-8-11-26(30(21)38)29-22(2)18-27-32(31(29)39)42-35(47-23(3)28-12-9-16-43(28)7)33-34(27)45(20-41-33)25-14-17-44(24(19-25)13-15-40)36(46)48-37(4,5)6/h8,10-11,18,20,23-25,28H,9,12-14,16-17,19H2,1-7H3/t23-,24+,25-,28-/m0/s1. The molecule has 4 atom stereocenters. The highest BCUT2D eigenvalue weighted by Gasteiger charge is 2.36. The van der Waals surface area contributed by atoms with Gasteiger partial charge in [0.15, 0.2) is 11.3 Å². The van der Waals surface area contributed by atoms with E-state index in [0.29, 0.717) is 46.4 Å². The molecule has 2 aliphatic rings. The minimum absolute atomic E-state index is 0.113. The Bertz CT molecular complexity index is 1910. The van der Waals surface area contributed by atoms with E-state index in [1.54, 1.807) is 11.2 Å². The van der Waals surface area contributed by atoms with Crippen LogP contribution in [0.1, 0.15) is 77.0 Å². The minimum atomic E-state index is -0.651. The van der Waals surface area contributed by atoms with Crippen molar-refractivity contribution < 1.29 is 18.7 Å². The summed E-state index contributed by atoms with van der Waals surface area (Å²) in [5, 5.41) is 10.8. The fraction of sp³-hybridized carbons (Fsp3) is 0.514. The maximum absolute atomic E-state index is 16.9. The van der Waals surface area contributed by atoms with Gasteiger partial charge in [0, 0.05) is 41.2 Å². The summed E-state index contributed by atoms with van der Waals surface area (Å²) in [7, 11) is 2.09. The van der Waals surface area contributed by atoms with Crippen LogP contribution >= 0.6 is 11.6 Å². The van der Waals surface area contributed by atoms with Crippen molar-refractivity contribution in [2.45, 2.75) is 103 Å². The number of carbonyl (C=O) groups is 1. The molecule has 1 amide bonds. The summed E-state index contributed by atoms with van der Waals surface area (Å²) >= 11 is 6.73. The zero-order valence-corrected chi connectivity index (χ0v) is 29.6. The largest absolute Gasteiger partial charge is 0.471 e. The fourth-order valence-electron chi connectivity index (χ4n) is 7.45. The van der Waals surface area contributed by atoms with E-state index in [2.05, 4.69) is 22.6 Å². The Hall–Kier alpha value is -3.94. The Morgan fingerprint density at radius 3 is 2.65 bits per heavy atom. The molecule has 4 heterocycles. The van der Waals surface area contributed by atoms with E-state index in [0.717, 1.165) is 36.0 Å². The third-order valence-corrected chi connectivity index (χ3v) is 10.3. The normalized spacial score (nSPS) is 21.1. The molecule has 0 aliphatic carbocycles. The SMILES string of the molecule is Cc1cccc(-c2c(C)cc3c(nc(O[C@@H](C)[C@@H]4CCCN4C)c4ncn([C@H]5CCN(C(=O)OC(C)(C)C)[C@H](CC#N)C5)c43)c2F)c1Cl. The number of hydrogen-bond donors (Lipinski definition) is 0. The zero-order chi connectivity index (χ0) is 34.5. The van der Waals surface area contributed by atoms with E-state index in [-0.39, 0.29) is 42.0 Å². The van der Waals surface area contributed by atoms with Gasteiger partial charge in [-0.25, -0.2) is 19.2 Å². The first-order valence-electron chi connectivity index (χ1n) is 16.8. The monoisotopic (exact) mass is 674 g/mol. The molecule has 0 unspecified atom stereocenters. The van der Waals surface area contributed by atoms with Gasteiger partial charge in [-0.1, -0.05) is 29.8 Å². The van der Waals surface area contributed by atoms with Crippen LogP contribution in [-0.2, 0) is 4.74 Å². The number of piperidine rings is 1. The molecule has 2 aromatic heterocycles. The molecule has 254 valence electrons. The molecule has 11 heteroatoms. The highest BCUT2D eigenvalue weighted by atomic mass is 35.5. The molecule has 9 nitrogen and oxygen atoms in total. The lowest BCUT2D eigenvalue weighted by molar-refractivity contribution is 0.00618. The van der Waals surface area contributed by atoms with Gasteiger partial charge in [0.2, 0.25) is 5.88 Å². The van der Waals surface area contributed by atoms with E-state index in [1.165, 1.54) is 0 Å². The zero-order valence-electron chi connectivity index (χ0n) is 28.8. The maximum atomic E-state index is 16.9. The Morgan fingerprint density at radius 2 is 1.96 bits per heavy atom. The number of fused-ring (bicyclic) bond motifs is 3. The number of ether oxygens (including phenoxy) is 2. The van der Waals surface area contributed by atoms with Gasteiger partial charge in [0.25, 0.3) is 0 Å². The molecule has 0 N–H and O–H groups in total. The molecular weight excluding hydrogens is 631 g/mol. The molecule has 6 rings (SSSR count). The van der Waals surface area contributed by atoms with Crippen LogP contribution in [0.2, 0.25) is 5.02 Å². The summed E-state index contributed by atoms with van der Waals surface area (Å²) in [5.74, 6) is -0.183. The van der Waals surface area contributed by atoms with Crippen molar-refractivity contribution in [3.63, 3.8) is 0 Å². The Morgan fingerprint density at radius 1 is 1.19 bits per heavy atom. The molecule has 2 saturated heterocycles. The van der Waals surface area contributed by atoms with Crippen molar-refractivity contribution in [3.8, 4) is 23.1 Å². The second-order valence-electron chi connectivity index (χ2n) is 14.4. The van der Waals surface area contributed by atoms with Crippen LogP contribution in [0.3, 0.4) is 0 Å². The number of carbonyl (C=O) groups excluding carboxylic acids is 1. The lowest BCUT2D eigenvalue weighted by atomic mass is 9.94. The van der Waals surface area contributed by atoms with E-state index in [9.17, 15) is 10.1 Å². The number of aromatic nitrogens is 3. The molecule has 2 fully saturated rings. The van der Waals surface area contributed by atoms with Crippen molar-refractivity contribution in [3.05, 3.63) is 52.6 Å². The lowest BCUT2D eigenvalue weighted by Gasteiger charge is -2.39. The van der Waals surface area contributed by atoms with Gasteiger partial charge in [-0.2, -0.15) is 5.26 Å². The number of imidazole rings is 1. The van der Waals surface area contributed by atoms with Gasteiger partial charge in [0.05, 0.1) is 29.4 Å². The van der Waals surface area contributed by atoms with Crippen LogP contribution in [0.15, 0.2) is 30.6 Å².